The van der Waals surface area contributed by atoms with Crippen molar-refractivity contribution in [1.29, 1.82) is 0 Å². The summed E-state index contributed by atoms with van der Waals surface area (Å²) in [4.78, 5) is 26.9. The van der Waals surface area contributed by atoms with Crippen LogP contribution < -0.4 is 10.5 Å². The predicted molar refractivity (Wildman–Crippen MR) is 71.7 cm³/mol. The van der Waals surface area contributed by atoms with Crippen LogP contribution in [0.5, 0.6) is 5.75 Å². The largest absolute Gasteiger partial charge is 0.491 e. The lowest BCUT2D eigenvalue weighted by atomic mass is 10.1. The van der Waals surface area contributed by atoms with Crippen LogP contribution in [0.3, 0.4) is 0 Å². The lowest BCUT2D eigenvalue weighted by molar-refractivity contribution is 0.0992. The van der Waals surface area contributed by atoms with Gasteiger partial charge in [0.15, 0.2) is 5.78 Å². The number of hydrogen-bond acceptors (Lipinski definition) is 4. The van der Waals surface area contributed by atoms with E-state index >= 15 is 0 Å². The smallest absolute Gasteiger partial charge is 0.268 e. The summed E-state index contributed by atoms with van der Waals surface area (Å²) in [5, 5.41) is 0. The second-order valence-corrected chi connectivity index (χ2v) is 4.62. The van der Waals surface area contributed by atoms with Crippen molar-refractivity contribution in [1.82, 2.24) is 9.55 Å². The molecule has 2 heterocycles. The Balaban J connectivity index is 2.16. The molecule has 0 unspecified atom stereocenters. The van der Waals surface area contributed by atoms with Gasteiger partial charge in [-0.05, 0) is 19.1 Å². The zero-order valence-electron chi connectivity index (χ0n) is 10.9. The van der Waals surface area contributed by atoms with Crippen molar-refractivity contribution in [3.05, 3.63) is 35.7 Å². The molecule has 0 aliphatic carbocycles. The van der Waals surface area contributed by atoms with Gasteiger partial charge in [0.2, 0.25) is 0 Å². The molecule has 1 aliphatic rings. The number of Topliss-reactive ketones (excluding diaryl/α,β-unsaturated/α-hetero) is 1. The van der Waals surface area contributed by atoms with Gasteiger partial charge in [-0.1, -0.05) is 6.07 Å². The fraction of sp³-hybridized carbons (Fsp3) is 0.214. The number of primary amides is 1. The Bertz CT molecular complexity index is 718. The molecule has 2 aromatic rings. The van der Waals surface area contributed by atoms with Crippen molar-refractivity contribution in [2.75, 3.05) is 6.61 Å². The number of ether oxygens (including phenoxy) is 1. The number of nitrogens with zero attached hydrogens (tertiary/aromatic N) is 2. The predicted octanol–water partition coefficient (Wildman–Crippen LogP) is 1.24. The third kappa shape index (κ3) is 1.95. The first-order chi connectivity index (χ1) is 9.56. The highest BCUT2D eigenvalue weighted by Gasteiger charge is 2.20. The maximum absolute atomic E-state index is 11.4. The van der Waals surface area contributed by atoms with E-state index in [1.54, 1.807) is 24.4 Å². The van der Waals surface area contributed by atoms with Crippen molar-refractivity contribution in [2.45, 2.75) is 13.5 Å². The third-order valence-electron chi connectivity index (χ3n) is 3.25. The number of imidazole rings is 1. The first-order valence-corrected chi connectivity index (χ1v) is 6.21. The number of rotatable bonds is 2. The molecule has 1 aromatic carbocycles. The molecular weight excluding hydrogens is 258 g/mol. The Labute approximate surface area is 115 Å². The van der Waals surface area contributed by atoms with Crippen molar-refractivity contribution >= 4 is 11.7 Å². The average molecular weight is 271 g/mol. The summed E-state index contributed by atoms with van der Waals surface area (Å²) in [7, 11) is 0. The molecule has 0 bridgehead atoms. The van der Waals surface area contributed by atoms with E-state index in [1.807, 2.05) is 4.57 Å². The molecule has 102 valence electrons. The van der Waals surface area contributed by atoms with Crippen molar-refractivity contribution in [2.24, 2.45) is 5.73 Å². The lowest BCUT2D eigenvalue weighted by Gasteiger charge is -2.07. The summed E-state index contributed by atoms with van der Waals surface area (Å²) in [5.41, 5.74) is 6.82. The zero-order chi connectivity index (χ0) is 14.3. The van der Waals surface area contributed by atoms with Gasteiger partial charge in [0.25, 0.3) is 5.91 Å². The Kier molecular flexibility index (Phi) is 2.78. The van der Waals surface area contributed by atoms with Crippen LogP contribution in [0, 0.1) is 0 Å². The maximum atomic E-state index is 11.4. The quantitative estimate of drug-likeness (QED) is 0.832. The van der Waals surface area contributed by atoms with Crippen molar-refractivity contribution < 1.29 is 14.3 Å². The molecule has 2 N–H and O–H groups in total. The highest BCUT2D eigenvalue weighted by molar-refractivity contribution is 5.95. The number of aromatic nitrogens is 2. The summed E-state index contributed by atoms with van der Waals surface area (Å²) in [6.07, 6.45) is 1.62. The Morgan fingerprint density at radius 2 is 2.20 bits per heavy atom. The van der Waals surface area contributed by atoms with Gasteiger partial charge >= 0.3 is 0 Å². The first-order valence-electron chi connectivity index (χ1n) is 6.21. The third-order valence-corrected chi connectivity index (χ3v) is 3.25. The molecule has 6 nitrogen and oxygen atoms in total. The summed E-state index contributed by atoms with van der Waals surface area (Å²) < 4.78 is 7.48. The van der Waals surface area contributed by atoms with Crippen LogP contribution in [0.25, 0.3) is 11.4 Å². The Hall–Kier alpha value is -2.63. The van der Waals surface area contributed by atoms with Gasteiger partial charge in [-0.25, -0.2) is 4.98 Å². The fourth-order valence-electron chi connectivity index (χ4n) is 2.22. The fourth-order valence-corrected chi connectivity index (χ4v) is 2.22. The van der Waals surface area contributed by atoms with Crippen LogP contribution >= 0.6 is 0 Å². The molecule has 20 heavy (non-hydrogen) atoms. The van der Waals surface area contributed by atoms with E-state index in [-0.39, 0.29) is 11.5 Å². The molecule has 0 spiro atoms. The monoisotopic (exact) mass is 271 g/mol. The van der Waals surface area contributed by atoms with E-state index in [2.05, 4.69) is 4.98 Å². The highest BCUT2D eigenvalue weighted by atomic mass is 16.5. The van der Waals surface area contributed by atoms with Gasteiger partial charge in [0, 0.05) is 11.8 Å². The molecular formula is C14H13N3O3. The van der Waals surface area contributed by atoms with Gasteiger partial charge < -0.3 is 15.0 Å². The minimum absolute atomic E-state index is 0.0261. The minimum Gasteiger partial charge on any atom is -0.491 e. The summed E-state index contributed by atoms with van der Waals surface area (Å²) in [6.45, 7) is 2.51. The zero-order valence-corrected chi connectivity index (χ0v) is 10.9. The van der Waals surface area contributed by atoms with Crippen LogP contribution in [-0.2, 0) is 6.54 Å². The summed E-state index contributed by atoms with van der Waals surface area (Å²) in [5.74, 6) is 0.634. The Morgan fingerprint density at radius 3 is 2.90 bits per heavy atom. The van der Waals surface area contributed by atoms with E-state index in [1.165, 1.54) is 6.92 Å². The highest BCUT2D eigenvalue weighted by Crippen LogP contribution is 2.32. The van der Waals surface area contributed by atoms with E-state index in [9.17, 15) is 9.59 Å². The van der Waals surface area contributed by atoms with Gasteiger partial charge in [0.1, 0.15) is 23.9 Å². The average Bonchev–Trinajstić information content (AvgIpc) is 2.76. The van der Waals surface area contributed by atoms with Crippen LogP contribution in [0.2, 0.25) is 0 Å². The number of amides is 1. The van der Waals surface area contributed by atoms with Crippen LogP contribution in [0.1, 0.15) is 27.8 Å². The molecule has 0 radical (unpaired) electrons. The number of carbonyl (C=O) groups is 2. The number of benzene rings is 1. The van der Waals surface area contributed by atoms with Gasteiger partial charge in [-0.15, -0.1) is 0 Å². The number of hydrogen-bond donors (Lipinski definition) is 1. The first kappa shape index (κ1) is 12.4. The standard InChI is InChI=1S/C14H13N3O3/c1-8(18)9-2-3-10-12(6-9)20-5-4-17-7-11(13(15)19)16-14(10)17/h2-3,6-7H,4-5H2,1H3,(H2,15,19). The number of fused-ring (bicyclic) bond motifs is 3. The number of carbonyl (C=O) groups excluding carboxylic acids is 2. The summed E-state index contributed by atoms with van der Waals surface area (Å²) in [6, 6.07) is 5.20. The molecule has 3 rings (SSSR count). The van der Waals surface area contributed by atoms with Crippen molar-refractivity contribution in [3.63, 3.8) is 0 Å². The van der Waals surface area contributed by atoms with Gasteiger partial charge in [-0.3, -0.25) is 9.59 Å². The molecule has 0 saturated carbocycles. The van der Waals surface area contributed by atoms with Gasteiger partial charge in [-0.2, -0.15) is 0 Å². The maximum Gasteiger partial charge on any atom is 0.268 e. The van der Waals surface area contributed by atoms with E-state index in [0.29, 0.717) is 30.3 Å². The minimum atomic E-state index is -0.562. The van der Waals surface area contributed by atoms with Crippen LogP contribution in [-0.4, -0.2) is 27.8 Å². The summed E-state index contributed by atoms with van der Waals surface area (Å²) >= 11 is 0. The van der Waals surface area contributed by atoms with Crippen LogP contribution in [0.15, 0.2) is 24.4 Å². The number of nitrogens with two attached hydrogens (primary N) is 1. The van der Waals surface area contributed by atoms with E-state index in [4.69, 9.17) is 10.5 Å². The second kappa shape index (κ2) is 4.48. The number of ketones is 1. The molecule has 0 atom stereocenters. The molecule has 1 aromatic heterocycles. The van der Waals surface area contributed by atoms with Crippen molar-refractivity contribution in [3.8, 4) is 17.1 Å². The topological polar surface area (TPSA) is 87.2 Å². The van der Waals surface area contributed by atoms with E-state index < -0.39 is 5.91 Å². The SMILES string of the molecule is CC(=O)c1ccc2c(c1)OCCn1cc(C(N)=O)nc1-2. The van der Waals surface area contributed by atoms with Crippen LogP contribution in [0.4, 0.5) is 0 Å². The lowest BCUT2D eigenvalue weighted by Crippen LogP contribution is -2.11. The normalized spacial score (nSPS) is 12.8. The Morgan fingerprint density at radius 1 is 1.40 bits per heavy atom. The molecule has 0 fully saturated rings. The molecule has 1 amide bonds. The second-order valence-electron chi connectivity index (χ2n) is 4.62. The molecule has 6 heteroatoms. The molecule has 1 aliphatic heterocycles. The van der Waals surface area contributed by atoms with E-state index in [0.717, 1.165) is 5.56 Å². The molecule has 0 saturated heterocycles. The van der Waals surface area contributed by atoms with Gasteiger partial charge in [0.05, 0.1) is 12.1 Å².